The fourth-order valence-corrected chi connectivity index (χ4v) is 2.45. The van der Waals surface area contributed by atoms with E-state index in [4.69, 9.17) is 5.73 Å². The molecular formula is C11H24N2O. The molecule has 1 fully saturated rings. The summed E-state index contributed by atoms with van der Waals surface area (Å²) in [6, 6.07) is 0.727. The summed E-state index contributed by atoms with van der Waals surface area (Å²) in [5.74, 6) is 0. The summed E-state index contributed by atoms with van der Waals surface area (Å²) >= 11 is 0. The number of rotatable bonds is 3. The van der Waals surface area contributed by atoms with E-state index in [1.54, 1.807) is 0 Å². The highest BCUT2D eigenvalue weighted by molar-refractivity contribution is 4.90. The van der Waals surface area contributed by atoms with E-state index in [2.05, 4.69) is 25.7 Å². The molecular weight excluding hydrogens is 176 g/mol. The first-order valence-corrected chi connectivity index (χ1v) is 5.57. The smallest absolute Gasteiger partial charge is 0.0587 e. The molecule has 0 amide bonds. The van der Waals surface area contributed by atoms with Crippen LogP contribution >= 0.6 is 0 Å². The number of hydrogen-bond donors (Lipinski definition) is 2. The van der Waals surface area contributed by atoms with E-state index in [-0.39, 0.29) is 12.0 Å². The lowest BCUT2D eigenvalue weighted by Crippen LogP contribution is -2.51. The van der Waals surface area contributed by atoms with Crippen molar-refractivity contribution in [1.82, 2.24) is 4.90 Å². The number of nitrogens with zero attached hydrogens (tertiary/aromatic N) is 1. The molecule has 1 aliphatic heterocycles. The predicted octanol–water partition coefficient (Wildman–Crippen LogP) is 0.817. The molecule has 1 heterocycles. The molecule has 1 rings (SSSR count). The van der Waals surface area contributed by atoms with E-state index in [1.165, 1.54) is 6.42 Å². The van der Waals surface area contributed by atoms with Gasteiger partial charge in [-0.05, 0) is 24.8 Å². The van der Waals surface area contributed by atoms with Crippen LogP contribution in [0.4, 0.5) is 0 Å². The van der Waals surface area contributed by atoms with Crippen LogP contribution in [-0.4, -0.2) is 41.8 Å². The summed E-state index contributed by atoms with van der Waals surface area (Å²) in [5, 5.41) is 9.26. The minimum Gasteiger partial charge on any atom is -0.395 e. The van der Waals surface area contributed by atoms with Gasteiger partial charge in [0.05, 0.1) is 6.61 Å². The minimum atomic E-state index is 0.201. The molecule has 2 unspecified atom stereocenters. The predicted molar refractivity (Wildman–Crippen MR) is 59.1 cm³/mol. The highest BCUT2D eigenvalue weighted by Crippen LogP contribution is 2.29. The maximum atomic E-state index is 9.26. The molecule has 0 bridgehead atoms. The van der Waals surface area contributed by atoms with Gasteiger partial charge in [-0.2, -0.15) is 0 Å². The second kappa shape index (κ2) is 4.60. The Labute approximate surface area is 87.3 Å². The van der Waals surface area contributed by atoms with Crippen molar-refractivity contribution in [3.8, 4) is 0 Å². The molecule has 2 atom stereocenters. The van der Waals surface area contributed by atoms with Crippen molar-refractivity contribution in [2.24, 2.45) is 11.1 Å². The molecule has 0 spiro atoms. The van der Waals surface area contributed by atoms with Gasteiger partial charge in [0.15, 0.2) is 0 Å². The monoisotopic (exact) mass is 200 g/mol. The van der Waals surface area contributed by atoms with Crippen LogP contribution in [0.25, 0.3) is 0 Å². The van der Waals surface area contributed by atoms with Gasteiger partial charge in [-0.25, -0.2) is 0 Å². The molecule has 1 aliphatic rings. The van der Waals surface area contributed by atoms with E-state index in [9.17, 15) is 5.11 Å². The van der Waals surface area contributed by atoms with Crippen LogP contribution in [0.3, 0.4) is 0 Å². The zero-order valence-electron chi connectivity index (χ0n) is 9.66. The van der Waals surface area contributed by atoms with Gasteiger partial charge in [-0.3, -0.25) is 4.90 Å². The highest BCUT2D eigenvalue weighted by atomic mass is 16.3. The molecule has 0 aromatic carbocycles. The van der Waals surface area contributed by atoms with E-state index >= 15 is 0 Å². The van der Waals surface area contributed by atoms with Crippen molar-refractivity contribution >= 4 is 0 Å². The molecule has 84 valence electrons. The second-order valence-corrected chi connectivity index (χ2v) is 5.33. The molecule has 0 aromatic heterocycles. The van der Waals surface area contributed by atoms with Crippen molar-refractivity contribution in [3.05, 3.63) is 0 Å². The standard InChI is InChI=1S/C11H24N2O/c1-11(2,3)10(7-12)13-6-4-5-9(13)8-14/h9-10,14H,4-8,12H2,1-3H3. The fourth-order valence-electron chi connectivity index (χ4n) is 2.45. The maximum Gasteiger partial charge on any atom is 0.0587 e. The molecule has 0 radical (unpaired) electrons. The summed E-state index contributed by atoms with van der Waals surface area (Å²) in [4.78, 5) is 2.39. The van der Waals surface area contributed by atoms with Crippen LogP contribution in [-0.2, 0) is 0 Å². The first-order valence-electron chi connectivity index (χ1n) is 5.57. The van der Waals surface area contributed by atoms with Crippen LogP contribution in [0.2, 0.25) is 0 Å². The topological polar surface area (TPSA) is 49.5 Å². The molecule has 0 aliphatic carbocycles. The molecule has 14 heavy (non-hydrogen) atoms. The van der Waals surface area contributed by atoms with Crippen LogP contribution < -0.4 is 5.73 Å². The van der Waals surface area contributed by atoms with Crippen LogP contribution in [0, 0.1) is 5.41 Å². The Bertz CT molecular complexity index is 177. The SMILES string of the molecule is CC(C)(C)C(CN)N1CCCC1CO. The lowest BCUT2D eigenvalue weighted by molar-refractivity contribution is 0.0643. The van der Waals surface area contributed by atoms with Crippen molar-refractivity contribution in [2.45, 2.75) is 45.7 Å². The Balaban J connectivity index is 2.68. The summed E-state index contributed by atoms with van der Waals surface area (Å²) in [6.45, 7) is 8.70. The van der Waals surface area contributed by atoms with E-state index in [0.717, 1.165) is 13.0 Å². The van der Waals surface area contributed by atoms with E-state index < -0.39 is 0 Å². The summed E-state index contributed by atoms with van der Waals surface area (Å²) in [7, 11) is 0. The quantitative estimate of drug-likeness (QED) is 0.709. The van der Waals surface area contributed by atoms with Gasteiger partial charge in [0.2, 0.25) is 0 Å². The molecule has 3 nitrogen and oxygen atoms in total. The van der Waals surface area contributed by atoms with Crippen LogP contribution in [0.5, 0.6) is 0 Å². The molecule has 3 heteroatoms. The maximum absolute atomic E-state index is 9.26. The number of nitrogens with two attached hydrogens (primary N) is 1. The Morgan fingerprint density at radius 1 is 1.50 bits per heavy atom. The van der Waals surface area contributed by atoms with Crippen LogP contribution in [0.15, 0.2) is 0 Å². The molecule has 3 N–H and O–H groups in total. The molecule has 0 saturated carbocycles. The number of aliphatic hydroxyl groups is 1. The number of hydrogen-bond acceptors (Lipinski definition) is 3. The van der Waals surface area contributed by atoms with Crippen molar-refractivity contribution in [1.29, 1.82) is 0 Å². The lowest BCUT2D eigenvalue weighted by atomic mass is 9.85. The van der Waals surface area contributed by atoms with Crippen molar-refractivity contribution < 1.29 is 5.11 Å². The Morgan fingerprint density at radius 2 is 2.14 bits per heavy atom. The van der Waals surface area contributed by atoms with Crippen molar-refractivity contribution in [2.75, 3.05) is 19.7 Å². The summed E-state index contributed by atoms with van der Waals surface area (Å²) < 4.78 is 0. The Morgan fingerprint density at radius 3 is 2.57 bits per heavy atom. The van der Waals surface area contributed by atoms with E-state index in [1.807, 2.05) is 0 Å². The third kappa shape index (κ3) is 2.47. The second-order valence-electron chi connectivity index (χ2n) is 5.33. The van der Waals surface area contributed by atoms with Gasteiger partial charge < -0.3 is 10.8 Å². The van der Waals surface area contributed by atoms with Gasteiger partial charge in [0.25, 0.3) is 0 Å². The normalized spacial score (nSPS) is 26.8. The minimum absolute atomic E-state index is 0.201. The van der Waals surface area contributed by atoms with Gasteiger partial charge >= 0.3 is 0 Å². The number of aliphatic hydroxyl groups excluding tert-OH is 1. The fraction of sp³-hybridized carbons (Fsp3) is 1.00. The van der Waals surface area contributed by atoms with Crippen molar-refractivity contribution in [3.63, 3.8) is 0 Å². The largest absolute Gasteiger partial charge is 0.395 e. The molecule has 0 aromatic rings. The number of likely N-dealkylation sites (tertiary alicyclic amines) is 1. The lowest BCUT2D eigenvalue weighted by Gasteiger charge is -2.40. The van der Waals surface area contributed by atoms with E-state index in [0.29, 0.717) is 18.6 Å². The first kappa shape index (κ1) is 12.0. The first-order chi connectivity index (χ1) is 6.50. The summed E-state index contributed by atoms with van der Waals surface area (Å²) in [6.07, 6.45) is 2.31. The van der Waals surface area contributed by atoms with Gasteiger partial charge in [0.1, 0.15) is 0 Å². The van der Waals surface area contributed by atoms with Gasteiger partial charge in [0, 0.05) is 18.6 Å². The average Bonchev–Trinajstić information content (AvgIpc) is 2.51. The third-order valence-electron chi connectivity index (χ3n) is 3.26. The zero-order chi connectivity index (χ0) is 10.8. The third-order valence-corrected chi connectivity index (χ3v) is 3.26. The zero-order valence-corrected chi connectivity index (χ0v) is 9.66. The van der Waals surface area contributed by atoms with Gasteiger partial charge in [-0.15, -0.1) is 0 Å². The van der Waals surface area contributed by atoms with Crippen LogP contribution in [0.1, 0.15) is 33.6 Å². The molecule has 1 saturated heterocycles. The average molecular weight is 200 g/mol. The Hall–Kier alpha value is -0.120. The summed E-state index contributed by atoms with van der Waals surface area (Å²) in [5.41, 5.74) is 6.03. The highest BCUT2D eigenvalue weighted by Gasteiger charge is 2.35. The Kier molecular flexibility index (Phi) is 3.93. The van der Waals surface area contributed by atoms with Gasteiger partial charge in [-0.1, -0.05) is 20.8 Å².